The molecule has 0 aromatic rings. The average molecular weight is 131 g/mol. The Labute approximate surface area is 53.7 Å². The minimum absolute atomic E-state index is 0.199. The lowest BCUT2D eigenvalue weighted by Crippen LogP contribution is -2.35. The molecule has 0 N–H and O–H groups in total. The highest BCUT2D eigenvalue weighted by Gasteiger charge is 2.25. The molecule has 0 aliphatic carbocycles. The third kappa shape index (κ3) is 0.896. The maximum absolute atomic E-state index is 12.5. The van der Waals surface area contributed by atoms with Gasteiger partial charge in [0.15, 0.2) is 0 Å². The van der Waals surface area contributed by atoms with Crippen molar-refractivity contribution in [3.05, 3.63) is 0 Å². The Hall–Kier alpha value is -0.640. The Balaban J connectivity index is 2.70. The van der Waals surface area contributed by atoms with E-state index < -0.39 is 0 Å². The van der Waals surface area contributed by atoms with Crippen molar-refractivity contribution in [2.45, 2.75) is 13.0 Å². The van der Waals surface area contributed by atoms with Gasteiger partial charge in [0.2, 0.25) is 5.97 Å². The maximum Gasteiger partial charge on any atom is 0.227 e. The number of nitrogens with zero attached hydrogens (tertiary/aromatic N) is 3. The van der Waals surface area contributed by atoms with Crippen LogP contribution in [0.25, 0.3) is 0 Å². The summed E-state index contributed by atoms with van der Waals surface area (Å²) in [6.07, 6.45) is 0. The molecule has 0 radical (unpaired) electrons. The molecule has 0 saturated heterocycles. The van der Waals surface area contributed by atoms with Crippen LogP contribution in [0.15, 0.2) is 5.10 Å². The van der Waals surface area contributed by atoms with Crippen LogP contribution in [0.3, 0.4) is 0 Å². The van der Waals surface area contributed by atoms with Crippen LogP contribution in [0.2, 0.25) is 0 Å². The molecule has 52 valence electrons. The largest absolute Gasteiger partial charge is 0.227 e. The third-order valence-electron chi connectivity index (χ3n) is 1.60. The smallest absolute Gasteiger partial charge is 0.227 e. The fraction of sp³-hybridized carbons (Fsp3) is 0.800. The minimum Gasteiger partial charge on any atom is -0.227 e. The van der Waals surface area contributed by atoms with Crippen molar-refractivity contribution in [3.63, 3.8) is 0 Å². The molecule has 0 aromatic carbocycles. The topological polar surface area (TPSA) is 18.8 Å². The third-order valence-corrected chi connectivity index (χ3v) is 1.60. The first-order valence-corrected chi connectivity index (χ1v) is 2.83. The summed E-state index contributed by atoms with van der Waals surface area (Å²) in [5, 5.41) is 6.76. The number of hydrogen-bond acceptors (Lipinski definition) is 3. The van der Waals surface area contributed by atoms with Crippen molar-refractivity contribution in [2.24, 2.45) is 5.10 Å². The summed E-state index contributed by atoms with van der Waals surface area (Å²) in [6, 6.07) is -0.199. The van der Waals surface area contributed by atoms with Gasteiger partial charge in [-0.2, -0.15) is 9.40 Å². The second-order valence-electron chi connectivity index (χ2n) is 2.16. The quantitative estimate of drug-likeness (QED) is 0.475. The molecule has 1 unspecified atom stereocenters. The molecule has 0 bridgehead atoms. The molecule has 4 heteroatoms. The molecule has 1 aliphatic heterocycles. The SMILES string of the molecule is CC1C(F)=NN(C)N1C. The van der Waals surface area contributed by atoms with Gasteiger partial charge in [-0.1, -0.05) is 0 Å². The highest BCUT2D eigenvalue weighted by Crippen LogP contribution is 2.11. The molecule has 9 heavy (non-hydrogen) atoms. The van der Waals surface area contributed by atoms with Crippen LogP contribution in [-0.4, -0.2) is 36.2 Å². The van der Waals surface area contributed by atoms with E-state index in [9.17, 15) is 4.39 Å². The zero-order chi connectivity index (χ0) is 7.02. The van der Waals surface area contributed by atoms with Crippen LogP contribution in [0.1, 0.15) is 6.92 Å². The Kier molecular flexibility index (Phi) is 1.40. The first-order valence-electron chi connectivity index (χ1n) is 2.83. The molecule has 3 nitrogen and oxygen atoms in total. The normalized spacial score (nSPS) is 29.1. The molecule has 1 atom stereocenters. The molecular weight excluding hydrogens is 121 g/mol. The van der Waals surface area contributed by atoms with Crippen molar-refractivity contribution in [1.82, 2.24) is 10.1 Å². The van der Waals surface area contributed by atoms with Gasteiger partial charge in [-0.3, -0.25) is 0 Å². The van der Waals surface area contributed by atoms with Gasteiger partial charge in [0.1, 0.15) is 0 Å². The van der Waals surface area contributed by atoms with Gasteiger partial charge in [-0.15, -0.1) is 5.10 Å². The molecule has 0 spiro atoms. The summed E-state index contributed by atoms with van der Waals surface area (Å²) >= 11 is 0. The lowest BCUT2D eigenvalue weighted by atomic mass is 10.4. The van der Waals surface area contributed by atoms with E-state index in [1.807, 2.05) is 0 Å². The maximum atomic E-state index is 12.5. The summed E-state index contributed by atoms with van der Waals surface area (Å²) in [5.74, 6) is -0.319. The highest BCUT2D eigenvalue weighted by atomic mass is 19.1. The van der Waals surface area contributed by atoms with Gasteiger partial charge in [0.05, 0.1) is 6.04 Å². The van der Waals surface area contributed by atoms with Crippen molar-refractivity contribution in [3.8, 4) is 0 Å². The molecule has 1 rings (SSSR count). The highest BCUT2D eigenvalue weighted by molar-refractivity contribution is 5.80. The van der Waals surface area contributed by atoms with Gasteiger partial charge in [-0.05, 0) is 6.92 Å². The summed E-state index contributed by atoms with van der Waals surface area (Å²) < 4.78 is 12.5. The molecule has 0 fully saturated rings. The Morgan fingerprint density at radius 2 is 2.11 bits per heavy atom. The zero-order valence-electron chi connectivity index (χ0n) is 5.80. The van der Waals surface area contributed by atoms with E-state index in [0.29, 0.717) is 0 Å². The van der Waals surface area contributed by atoms with E-state index in [0.717, 1.165) is 0 Å². The number of rotatable bonds is 0. The number of hydrazine groups is 1. The fourth-order valence-corrected chi connectivity index (χ4v) is 0.697. The Morgan fingerprint density at radius 1 is 1.56 bits per heavy atom. The predicted octanol–water partition coefficient (Wildman–Crippen LogP) is 0.450. The first kappa shape index (κ1) is 6.48. The monoisotopic (exact) mass is 131 g/mol. The fourth-order valence-electron chi connectivity index (χ4n) is 0.697. The second-order valence-corrected chi connectivity index (χ2v) is 2.16. The summed E-state index contributed by atoms with van der Waals surface area (Å²) in [7, 11) is 3.50. The molecular formula is C5H10FN3. The van der Waals surface area contributed by atoms with Crippen molar-refractivity contribution >= 4 is 5.97 Å². The summed E-state index contributed by atoms with van der Waals surface area (Å²) in [5.41, 5.74) is 0. The molecule has 0 amide bonds. The molecule has 0 aromatic heterocycles. The lowest BCUT2D eigenvalue weighted by molar-refractivity contribution is 0.0402. The van der Waals surface area contributed by atoms with Crippen LogP contribution < -0.4 is 0 Å². The van der Waals surface area contributed by atoms with Crippen molar-refractivity contribution in [1.29, 1.82) is 0 Å². The average Bonchev–Trinajstić information content (AvgIpc) is 1.98. The molecule has 0 saturated carbocycles. The standard InChI is InChI=1S/C5H10FN3/c1-4-5(6)7-9(3)8(4)2/h4H,1-3H3. The van der Waals surface area contributed by atoms with Crippen LogP contribution in [0.5, 0.6) is 0 Å². The number of hydrazone groups is 1. The molecule has 1 heterocycles. The van der Waals surface area contributed by atoms with Crippen molar-refractivity contribution < 1.29 is 4.39 Å². The summed E-state index contributed by atoms with van der Waals surface area (Å²) in [6.45, 7) is 1.77. The molecule has 1 aliphatic rings. The zero-order valence-corrected chi connectivity index (χ0v) is 5.80. The second kappa shape index (κ2) is 1.95. The predicted molar refractivity (Wildman–Crippen MR) is 33.5 cm³/mol. The van der Waals surface area contributed by atoms with Gasteiger partial charge < -0.3 is 0 Å². The van der Waals surface area contributed by atoms with Crippen LogP contribution in [0, 0.1) is 0 Å². The lowest BCUT2D eigenvalue weighted by Gasteiger charge is -2.20. The van der Waals surface area contributed by atoms with E-state index in [-0.39, 0.29) is 12.0 Å². The Bertz CT molecular complexity index is 145. The Morgan fingerprint density at radius 3 is 2.22 bits per heavy atom. The van der Waals surface area contributed by atoms with Gasteiger partial charge in [0.25, 0.3) is 0 Å². The van der Waals surface area contributed by atoms with Crippen LogP contribution >= 0.6 is 0 Å². The van der Waals surface area contributed by atoms with Gasteiger partial charge in [0, 0.05) is 14.1 Å². The van der Waals surface area contributed by atoms with E-state index in [4.69, 9.17) is 0 Å². The van der Waals surface area contributed by atoms with Crippen LogP contribution in [-0.2, 0) is 0 Å². The minimum atomic E-state index is -0.319. The number of hydrogen-bond donors (Lipinski definition) is 0. The van der Waals surface area contributed by atoms with E-state index in [1.54, 1.807) is 26.0 Å². The van der Waals surface area contributed by atoms with Gasteiger partial charge >= 0.3 is 0 Å². The van der Waals surface area contributed by atoms with E-state index >= 15 is 0 Å². The van der Waals surface area contributed by atoms with Gasteiger partial charge in [-0.25, -0.2) is 5.12 Å². The van der Waals surface area contributed by atoms with Crippen molar-refractivity contribution in [2.75, 3.05) is 14.1 Å². The number of halogens is 1. The van der Waals surface area contributed by atoms with E-state index in [1.165, 1.54) is 5.12 Å². The summed E-state index contributed by atoms with van der Waals surface area (Å²) in [4.78, 5) is 0. The van der Waals surface area contributed by atoms with E-state index in [2.05, 4.69) is 5.10 Å². The van der Waals surface area contributed by atoms with Crippen LogP contribution in [0.4, 0.5) is 4.39 Å². The first-order chi connectivity index (χ1) is 4.13.